The van der Waals surface area contributed by atoms with E-state index in [2.05, 4.69) is 20.8 Å². The van der Waals surface area contributed by atoms with Crippen LogP contribution in [0.15, 0.2) is 28.7 Å². The summed E-state index contributed by atoms with van der Waals surface area (Å²) in [7, 11) is 0. The lowest BCUT2D eigenvalue weighted by Crippen LogP contribution is -2.43. The molecule has 0 spiro atoms. The van der Waals surface area contributed by atoms with E-state index < -0.39 is 0 Å². The standard InChI is InChI=1S/C17H21ClN4O2/c18-14-9-5-4-8-13(14)16-22-21-15(24-16)10-11-19-17(23)20-12-6-2-1-3-7-12/h4-5,8-9,12H,1-3,6-7,10-11H2,(H2,19,20,23). The zero-order chi connectivity index (χ0) is 16.8. The highest BCUT2D eigenvalue weighted by molar-refractivity contribution is 6.33. The molecule has 7 heteroatoms. The highest BCUT2D eigenvalue weighted by atomic mass is 35.5. The van der Waals surface area contributed by atoms with Gasteiger partial charge in [-0.25, -0.2) is 4.79 Å². The lowest BCUT2D eigenvalue weighted by Gasteiger charge is -2.22. The maximum atomic E-state index is 11.9. The number of nitrogens with one attached hydrogen (secondary N) is 2. The minimum Gasteiger partial charge on any atom is -0.421 e. The smallest absolute Gasteiger partial charge is 0.315 e. The van der Waals surface area contributed by atoms with E-state index in [1.165, 1.54) is 19.3 Å². The topological polar surface area (TPSA) is 80.1 Å². The zero-order valence-corrected chi connectivity index (χ0v) is 14.2. The molecule has 1 aromatic carbocycles. The van der Waals surface area contributed by atoms with Crippen molar-refractivity contribution >= 4 is 17.6 Å². The van der Waals surface area contributed by atoms with Crippen molar-refractivity contribution in [1.29, 1.82) is 0 Å². The van der Waals surface area contributed by atoms with E-state index in [-0.39, 0.29) is 6.03 Å². The molecule has 0 unspecified atom stereocenters. The zero-order valence-electron chi connectivity index (χ0n) is 13.4. The van der Waals surface area contributed by atoms with Crippen LogP contribution in [0.3, 0.4) is 0 Å². The van der Waals surface area contributed by atoms with Crippen molar-refractivity contribution in [2.45, 2.75) is 44.6 Å². The molecule has 0 saturated heterocycles. The molecular weight excluding hydrogens is 328 g/mol. The molecule has 24 heavy (non-hydrogen) atoms. The Kier molecular flexibility index (Phi) is 5.69. The summed E-state index contributed by atoms with van der Waals surface area (Å²) in [4.78, 5) is 11.9. The van der Waals surface area contributed by atoms with Gasteiger partial charge in [0.05, 0.1) is 10.6 Å². The van der Waals surface area contributed by atoms with Gasteiger partial charge < -0.3 is 15.1 Å². The molecule has 0 radical (unpaired) electrons. The Morgan fingerprint density at radius 3 is 2.79 bits per heavy atom. The first-order chi connectivity index (χ1) is 11.7. The number of carbonyl (C=O) groups is 1. The van der Waals surface area contributed by atoms with Crippen LogP contribution in [0.5, 0.6) is 0 Å². The molecule has 1 aliphatic rings. The molecule has 1 fully saturated rings. The van der Waals surface area contributed by atoms with E-state index >= 15 is 0 Å². The number of hydrogen-bond donors (Lipinski definition) is 2. The van der Waals surface area contributed by atoms with Gasteiger partial charge in [-0.3, -0.25) is 0 Å². The van der Waals surface area contributed by atoms with Crippen LogP contribution < -0.4 is 10.6 Å². The summed E-state index contributed by atoms with van der Waals surface area (Å²) in [5, 5.41) is 14.4. The van der Waals surface area contributed by atoms with Gasteiger partial charge in [-0.2, -0.15) is 0 Å². The Hall–Kier alpha value is -2.08. The van der Waals surface area contributed by atoms with Crippen molar-refractivity contribution in [3.05, 3.63) is 35.2 Å². The van der Waals surface area contributed by atoms with Crippen molar-refractivity contribution in [3.8, 4) is 11.5 Å². The van der Waals surface area contributed by atoms with Gasteiger partial charge in [-0.15, -0.1) is 10.2 Å². The normalized spacial score (nSPS) is 15.2. The molecular formula is C17H21ClN4O2. The SMILES string of the molecule is O=C(NCCc1nnc(-c2ccccc2Cl)o1)NC1CCCCC1. The summed E-state index contributed by atoms with van der Waals surface area (Å²) in [5.41, 5.74) is 0.709. The summed E-state index contributed by atoms with van der Waals surface area (Å²) in [6.07, 6.45) is 6.27. The number of halogens is 1. The average molecular weight is 349 g/mol. The molecule has 6 nitrogen and oxygen atoms in total. The summed E-state index contributed by atoms with van der Waals surface area (Å²) in [6, 6.07) is 7.48. The van der Waals surface area contributed by atoms with Crippen molar-refractivity contribution < 1.29 is 9.21 Å². The second-order valence-corrected chi connectivity index (χ2v) is 6.37. The number of benzene rings is 1. The first-order valence-corrected chi connectivity index (χ1v) is 8.72. The lowest BCUT2D eigenvalue weighted by atomic mass is 9.96. The Labute approximate surface area is 146 Å². The molecule has 1 heterocycles. The second-order valence-electron chi connectivity index (χ2n) is 5.97. The van der Waals surface area contributed by atoms with E-state index in [4.69, 9.17) is 16.0 Å². The molecule has 128 valence electrons. The highest BCUT2D eigenvalue weighted by Crippen LogP contribution is 2.26. The number of amides is 2. The number of hydrogen-bond acceptors (Lipinski definition) is 4. The van der Waals surface area contributed by atoms with Gasteiger partial charge in [-0.1, -0.05) is 43.0 Å². The molecule has 2 amide bonds. The van der Waals surface area contributed by atoms with E-state index in [0.717, 1.165) is 12.8 Å². The second kappa shape index (κ2) is 8.15. The molecule has 2 N–H and O–H groups in total. The van der Waals surface area contributed by atoms with Crippen LogP contribution >= 0.6 is 11.6 Å². The number of aromatic nitrogens is 2. The van der Waals surface area contributed by atoms with Crippen molar-refractivity contribution in [2.24, 2.45) is 0 Å². The minimum atomic E-state index is -0.132. The van der Waals surface area contributed by atoms with Gasteiger partial charge in [0, 0.05) is 19.0 Å². The summed E-state index contributed by atoms with van der Waals surface area (Å²) in [6.45, 7) is 0.447. The van der Waals surface area contributed by atoms with E-state index in [1.54, 1.807) is 6.07 Å². The van der Waals surface area contributed by atoms with Gasteiger partial charge in [0.15, 0.2) is 0 Å². The summed E-state index contributed by atoms with van der Waals surface area (Å²) in [5.74, 6) is 0.866. The van der Waals surface area contributed by atoms with E-state index in [0.29, 0.717) is 41.4 Å². The predicted molar refractivity (Wildman–Crippen MR) is 91.9 cm³/mol. The number of rotatable bonds is 5. The van der Waals surface area contributed by atoms with E-state index in [1.807, 2.05) is 18.2 Å². The summed E-state index contributed by atoms with van der Waals surface area (Å²) < 4.78 is 5.60. The monoisotopic (exact) mass is 348 g/mol. The fourth-order valence-corrected chi connectivity index (χ4v) is 3.08. The lowest BCUT2D eigenvalue weighted by molar-refractivity contribution is 0.232. The highest BCUT2D eigenvalue weighted by Gasteiger charge is 2.16. The third kappa shape index (κ3) is 4.47. The Morgan fingerprint density at radius 2 is 2.00 bits per heavy atom. The molecule has 1 saturated carbocycles. The third-order valence-electron chi connectivity index (χ3n) is 4.14. The molecule has 0 atom stereocenters. The van der Waals surface area contributed by atoms with Crippen molar-refractivity contribution in [3.63, 3.8) is 0 Å². The molecule has 3 rings (SSSR count). The van der Waals surface area contributed by atoms with Gasteiger partial charge in [0.25, 0.3) is 0 Å². The van der Waals surface area contributed by atoms with Crippen LogP contribution in [0.2, 0.25) is 5.02 Å². The first-order valence-electron chi connectivity index (χ1n) is 8.34. The molecule has 0 aliphatic heterocycles. The Balaban J connectivity index is 1.45. The van der Waals surface area contributed by atoms with Crippen LogP contribution in [-0.2, 0) is 6.42 Å². The van der Waals surface area contributed by atoms with Crippen LogP contribution in [0.1, 0.15) is 38.0 Å². The number of carbonyl (C=O) groups excluding carboxylic acids is 1. The maximum Gasteiger partial charge on any atom is 0.315 e. The first kappa shape index (κ1) is 16.8. The number of urea groups is 1. The minimum absolute atomic E-state index is 0.132. The van der Waals surface area contributed by atoms with Crippen molar-refractivity contribution in [1.82, 2.24) is 20.8 Å². The number of nitrogens with zero attached hydrogens (tertiary/aromatic N) is 2. The average Bonchev–Trinajstić information content (AvgIpc) is 3.05. The summed E-state index contributed by atoms with van der Waals surface area (Å²) >= 11 is 6.11. The van der Waals surface area contributed by atoms with Crippen LogP contribution in [0.4, 0.5) is 4.79 Å². The fourth-order valence-electron chi connectivity index (χ4n) is 2.86. The van der Waals surface area contributed by atoms with Gasteiger partial charge in [0.2, 0.25) is 11.8 Å². The van der Waals surface area contributed by atoms with Gasteiger partial charge in [0.1, 0.15) is 0 Å². The molecule has 2 aromatic rings. The largest absolute Gasteiger partial charge is 0.421 e. The van der Waals surface area contributed by atoms with E-state index in [9.17, 15) is 4.79 Å². The van der Waals surface area contributed by atoms with Crippen molar-refractivity contribution in [2.75, 3.05) is 6.54 Å². The Morgan fingerprint density at radius 1 is 1.21 bits per heavy atom. The molecule has 1 aromatic heterocycles. The van der Waals surface area contributed by atoms with Gasteiger partial charge >= 0.3 is 6.03 Å². The fraction of sp³-hybridized carbons (Fsp3) is 0.471. The van der Waals surface area contributed by atoms with Crippen LogP contribution in [0, 0.1) is 0 Å². The molecule has 0 bridgehead atoms. The van der Waals surface area contributed by atoms with Gasteiger partial charge in [-0.05, 0) is 25.0 Å². The maximum absolute atomic E-state index is 11.9. The van der Waals surface area contributed by atoms with Crippen LogP contribution in [-0.4, -0.2) is 28.8 Å². The quantitative estimate of drug-likeness (QED) is 0.865. The Bertz CT molecular complexity index is 683. The van der Waals surface area contributed by atoms with Crippen LogP contribution in [0.25, 0.3) is 11.5 Å². The molecule has 1 aliphatic carbocycles. The third-order valence-corrected chi connectivity index (χ3v) is 4.47. The predicted octanol–water partition coefficient (Wildman–Crippen LogP) is 3.56.